The molecule has 4 heteroatoms. The van der Waals surface area contributed by atoms with E-state index in [1.807, 2.05) is 41.3 Å². The van der Waals surface area contributed by atoms with Crippen LogP contribution in [-0.4, -0.2) is 22.5 Å². The molecule has 1 aromatic heterocycles. The summed E-state index contributed by atoms with van der Waals surface area (Å²) in [6, 6.07) is 18.4. The number of hydrogen-bond acceptors (Lipinski definition) is 1. The molecule has 2 N–H and O–H groups in total. The third kappa shape index (κ3) is 2.54. The van der Waals surface area contributed by atoms with Crippen molar-refractivity contribution in [3.05, 3.63) is 71.4 Å². The number of amides is 2. The van der Waals surface area contributed by atoms with Crippen molar-refractivity contribution in [1.82, 2.24) is 15.2 Å². The van der Waals surface area contributed by atoms with E-state index in [1.165, 1.54) is 10.9 Å². The molecule has 3 aromatic rings. The van der Waals surface area contributed by atoms with Crippen LogP contribution in [0.1, 0.15) is 29.8 Å². The molecule has 4 rings (SSSR count). The Kier molecular flexibility index (Phi) is 3.73. The summed E-state index contributed by atoms with van der Waals surface area (Å²) in [5.41, 5.74) is 4.78. The average Bonchev–Trinajstić information content (AvgIpc) is 3.01. The third-order valence-corrected chi connectivity index (χ3v) is 4.88. The second-order valence-corrected chi connectivity index (χ2v) is 6.33. The van der Waals surface area contributed by atoms with E-state index in [1.54, 1.807) is 0 Å². The van der Waals surface area contributed by atoms with Crippen molar-refractivity contribution in [3.63, 3.8) is 0 Å². The van der Waals surface area contributed by atoms with Crippen LogP contribution in [0, 0.1) is 0 Å². The van der Waals surface area contributed by atoms with Crippen LogP contribution >= 0.6 is 0 Å². The van der Waals surface area contributed by atoms with Crippen molar-refractivity contribution in [2.75, 3.05) is 6.54 Å². The number of H-pyrrole nitrogens is 1. The topological polar surface area (TPSA) is 48.1 Å². The lowest BCUT2D eigenvalue weighted by Gasteiger charge is -2.33. The van der Waals surface area contributed by atoms with E-state index >= 15 is 0 Å². The molecule has 2 heterocycles. The molecule has 0 fully saturated rings. The fraction of sp³-hybridized carbons (Fsp3) is 0.250. The molecule has 0 radical (unpaired) electrons. The first-order valence-corrected chi connectivity index (χ1v) is 8.42. The molecule has 0 saturated heterocycles. The second kappa shape index (κ2) is 6.04. The van der Waals surface area contributed by atoms with Gasteiger partial charge in [0, 0.05) is 29.7 Å². The van der Waals surface area contributed by atoms with Gasteiger partial charge in [-0.15, -0.1) is 0 Å². The molecule has 2 amide bonds. The third-order valence-electron chi connectivity index (χ3n) is 4.88. The van der Waals surface area contributed by atoms with Crippen molar-refractivity contribution < 1.29 is 4.79 Å². The van der Waals surface area contributed by atoms with Crippen LogP contribution in [-0.2, 0) is 13.0 Å². The Labute approximate surface area is 141 Å². The Bertz CT molecular complexity index is 869. The number of fused-ring (bicyclic) bond motifs is 3. The Morgan fingerprint density at radius 2 is 1.92 bits per heavy atom. The highest BCUT2D eigenvalue weighted by Gasteiger charge is 2.30. The van der Waals surface area contributed by atoms with Gasteiger partial charge in [-0.25, -0.2) is 4.79 Å². The van der Waals surface area contributed by atoms with E-state index < -0.39 is 0 Å². The maximum Gasteiger partial charge on any atom is 0.318 e. The molecule has 4 nitrogen and oxygen atoms in total. The maximum absolute atomic E-state index is 12.6. The standard InChI is InChI=1S/C20H21N3O/c1-14-19-17(16-9-5-6-10-18(16)22-19)11-12-23(14)20(24)21-13-15-7-3-2-4-8-15/h2-10,14,22H,11-13H2,1H3,(H,21,24)/t14-/m1/s1. The summed E-state index contributed by atoms with van der Waals surface area (Å²) in [5, 5.41) is 4.32. The molecule has 0 bridgehead atoms. The monoisotopic (exact) mass is 319 g/mol. The number of aromatic amines is 1. The highest BCUT2D eigenvalue weighted by molar-refractivity contribution is 5.86. The lowest BCUT2D eigenvalue weighted by Crippen LogP contribution is -2.44. The molecule has 2 aromatic carbocycles. The predicted molar refractivity (Wildman–Crippen MR) is 95.8 cm³/mol. The van der Waals surface area contributed by atoms with Gasteiger partial charge in [0.15, 0.2) is 0 Å². The molecular formula is C20H21N3O. The molecule has 1 atom stereocenters. The number of nitrogens with one attached hydrogen (secondary N) is 2. The number of rotatable bonds is 2. The van der Waals surface area contributed by atoms with Gasteiger partial charge in [0.1, 0.15) is 0 Å². The van der Waals surface area contributed by atoms with Crippen LogP contribution in [0.15, 0.2) is 54.6 Å². The van der Waals surface area contributed by atoms with Crippen molar-refractivity contribution in [3.8, 4) is 0 Å². The summed E-state index contributed by atoms with van der Waals surface area (Å²) in [5.74, 6) is 0. The molecule has 0 unspecified atom stereocenters. The first-order valence-electron chi connectivity index (χ1n) is 8.42. The van der Waals surface area contributed by atoms with Gasteiger partial charge in [-0.1, -0.05) is 48.5 Å². The minimum atomic E-state index is -0.00402. The summed E-state index contributed by atoms with van der Waals surface area (Å²) in [7, 11) is 0. The summed E-state index contributed by atoms with van der Waals surface area (Å²) in [6.07, 6.45) is 0.891. The number of hydrogen-bond donors (Lipinski definition) is 2. The summed E-state index contributed by atoms with van der Waals surface area (Å²) < 4.78 is 0. The van der Waals surface area contributed by atoms with E-state index in [0.717, 1.165) is 29.7 Å². The summed E-state index contributed by atoms with van der Waals surface area (Å²) >= 11 is 0. The predicted octanol–water partition coefficient (Wildman–Crippen LogP) is 4.00. The Morgan fingerprint density at radius 3 is 2.75 bits per heavy atom. The maximum atomic E-state index is 12.6. The number of benzene rings is 2. The summed E-state index contributed by atoms with van der Waals surface area (Å²) in [4.78, 5) is 18.0. The van der Waals surface area contributed by atoms with Crippen LogP contribution in [0.4, 0.5) is 4.79 Å². The second-order valence-electron chi connectivity index (χ2n) is 6.33. The number of urea groups is 1. The lowest BCUT2D eigenvalue weighted by molar-refractivity contribution is 0.173. The smallest absolute Gasteiger partial charge is 0.318 e. The van der Waals surface area contributed by atoms with Crippen molar-refractivity contribution >= 4 is 16.9 Å². The van der Waals surface area contributed by atoms with Gasteiger partial charge in [0.05, 0.1) is 6.04 Å². The highest BCUT2D eigenvalue weighted by Crippen LogP contribution is 2.34. The van der Waals surface area contributed by atoms with Gasteiger partial charge in [-0.05, 0) is 30.5 Å². The first kappa shape index (κ1) is 14.8. The Morgan fingerprint density at radius 1 is 1.17 bits per heavy atom. The number of nitrogens with zero attached hydrogens (tertiary/aromatic N) is 1. The van der Waals surface area contributed by atoms with E-state index in [0.29, 0.717) is 6.54 Å². The molecule has 122 valence electrons. The van der Waals surface area contributed by atoms with Crippen LogP contribution < -0.4 is 5.32 Å². The number of aromatic nitrogens is 1. The zero-order valence-corrected chi connectivity index (χ0v) is 13.8. The molecule has 24 heavy (non-hydrogen) atoms. The molecular weight excluding hydrogens is 298 g/mol. The van der Waals surface area contributed by atoms with E-state index in [9.17, 15) is 4.79 Å². The normalized spacial score (nSPS) is 16.9. The van der Waals surface area contributed by atoms with Crippen molar-refractivity contribution in [1.29, 1.82) is 0 Å². The first-order chi connectivity index (χ1) is 11.7. The van der Waals surface area contributed by atoms with Gasteiger partial charge in [0.2, 0.25) is 0 Å². The number of carbonyl (C=O) groups is 1. The minimum absolute atomic E-state index is 0.00402. The number of para-hydroxylation sites is 1. The zero-order valence-electron chi connectivity index (χ0n) is 13.8. The van der Waals surface area contributed by atoms with Gasteiger partial charge in [-0.3, -0.25) is 0 Å². The fourth-order valence-corrected chi connectivity index (χ4v) is 3.58. The molecule has 1 aliphatic rings. The van der Waals surface area contributed by atoms with Gasteiger partial charge in [-0.2, -0.15) is 0 Å². The highest BCUT2D eigenvalue weighted by atomic mass is 16.2. The van der Waals surface area contributed by atoms with Crippen LogP contribution in [0.2, 0.25) is 0 Å². The summed E-state index contributed by atoms with van der Waals surface area (Å²) in [6.45, 7) is 3.40. The van der Waals surface area contributed by atoms with Gasteiger partial charge >= 0.3 is 6.03 Å². The zero-order chi connectivity index (χ0) is 16.5. The van der Waals surface area contributed by atoms with Crippen LogP contribution in [0.3, 0.4) is 0 Å². The molecule has 1 aliphatic heterocycles. The minimum Gasteiger partial charge on any atom is -0.356 e. The van der Waals surface area contributed by atoms with Crippen LogP contribution in [0.25, 0.3) is 10.9 Å². The van der Waals surface area contributed by atoms with E-state index in [4.69, 9.17) is 0 Å². The quantitative estimate of drug-likeness (QED) is 0.737. The molecule has 0 saturated carbocycles. The van der Waals surface area contributed by atoms with E-state index in [2.05, 4.69) is 35.4 Å². The molecule has 0 spiro atoms. The van der Waals surface area contributed by atoms with Crippen LogP contribution in [0.5, 0.6) is 0 Å². The number of carbonyl (C=O) groups excluding carboxylic acids is 1. The van der Waals surface area contributed by atoms with E-state index in [-0.39, 0.29) is 12.1 Å². The fourth-order valence-electron chi connectivity index (χ4n) is 3.58. The SMILES string of the molecule is C[C@@H]1c2[nH]c3ccccc3c2CCN1C(=O)NCc1ccccc1. The molecule has 0 aliphatic carbocycles. The average molecular weight is 319 g/mol. The largest absolute Gasteiger partial charge is 0.356 e. The lowest BCUT2D eigenvalue weighted by atomic mass is 9.98. The Hall–Kier alpha value is -2.75. The van der Waals surface area contributed by atoms with Crippen molar-refractivity contribution in [2.45, 2.75) is 25.9 Å². The van der Waals surface area contributed by atoms with Gasteiger partial charge < -0.3 is 15.2 Å². The Balaban J connectivity index is 1.52. The van der Waals surface area contributed by atoms with Gasteiger partial charge in [0.25, 0.3) is 0 Å². The van der Waals surface area contributed by atoms with Crippen molar-refractivity contribution in [2.24, 2.45) is 0 Å².